The molecule has 1 amide bonds. The zero-order valence-corrected chi connectivity index (χ0v) is 11.7. The topological polar surface area (TPSA) is 144 Å². The minimum absolute atomic E-state index is 0.260. The van der Waals surface area contributed by atoms with Crippen molar-refractivity contribution in [3.63, 3.8) is 0 Å². The summed E-state index contributed by atoms with van der Waals surface area (Å²) in [7, 11) is -4.01. The van der Waals surface area contributed by atoms with Crippen molar-refractivity contribution >= 4 is 27.4 Å². The maximum atomic E-state index is 12.0. The van der Waals surface area contributed by atoms with Gasteiger partial charge in [-0.2, -0.15) is 0 Å². The lowest BCUT2D eigenvalue weighted by molar-refractivity contribution is -0.384. The summed E-state index contributed by atoms with van der Waals surface area (Å²) >= 11 is 0. The zero-order chi connectivity index (χ0) is 16.2. The molecule has 0 unspecified atom stereocenters. The second-order valence-electron chi connectivity index (χ2n) is 4.12. The Hall–Kier alpha value is -2.49. The highest BCUT2D eigenvalue weighted by Crippen LogP contribution is 2.17. The smallest absolute Gasteiger partial charge is 0.327 e. The van der Waals surface area contributed by atoms with Gasteiger partial charge in [-0.1, -0.05) is 0 Å². The molecule has 21 heavy (non-hydrogen) atoms. The normalized spacial score (nSPS) is 12.4. The molecule has 0 saturated carbocycles. The van der Waals surface area contributed by atoms with Crippen LogP contribution in [0.3, 0.4) is 0 Å². The van der Waals surface area contributed by atoms with Crippen molar-refractivity contribution in [2.24, 2.45) is 0 Å². The molecule has 0 spiro atoms. The molecule has 0 heterocycles. The third-order valence-corrected chi connectivity index (χ3v) is 4.23. The minimum atomic E-state index is -4.01. The highest BCUT2D eigenvalue weighted by atomic mass is 32.2. The van der Waals surface area contributed by atoms with Gasteiger partial charge in [-0.15, -0.1) is 0 Å². The second-order valence-corrected chi connectivity index (χ2v) is 6.16. The molecule has 2 N–H and O–H groups in total. The summed E-state index contributed by atoms with van der Waals surface area (Å²) in [5.41, 5.74) is -0.286. The monoisotopic (exact) mass is 316 g/mol. The lowest BCUT2D eigenvalue weighted by atomic mass is 10.3. The van der Waals surface area contributed by atoms with E-state index in [0.29, 0.717) is 0 Å². The molecule has 0 aromatic heterocycles. The van der Waals surface area contributed by atoms with Gasteiger partial charge in [0.15, 0.2) is 9.84 Å². The third kappa shape index (κ3) is 4.53. The van der Waals surface area contributed by atoms with Crippen LogP contribution in [0.5, 0.6) is 0 Å². The number of hydrogen-bond acceptors (Lipinski definition) is 6. The lowest BCUT2D eigenvalue weighted by Gasteiger charge is -2.13. The number of amides is 1. The molecule has 0 fully saturated rings. The number of non-ortho nitro benzene ring substituents is 1. The number of nitrogens with zero attached hydrogens (tertiary/aromatic N) is 1. The van der Waals surface area contributed by atoms with Crippen molar-refractivity contribution in [1.82, 2.24) is 5.32 Å². The van der Waals surface area contributed by atoms with Crippen molar-refractivity contribution in [2.45, 2.75) is 17.9 Å². The number of nitrogens with one attached hydrogen (secondary N) is 1. The molecule has 0 saturated heterocycles. The first-order chi connectivity index (χ1) is 9.63. The molecule has 0 aliphatic rings. The summed E-state index contributed by atoms with van der Waals surface area (Å²) in [6.07, 6.45) is 0. The fourth-order valence-electron chi connectivity index (χ4n) is 1.51. The van der Waals surface area contributed by atoms with Crippen molar-refractivity contribution < 1.29 is 28.0 Å². The molecular weight excluding hydrogens is 304 g/mol. The van der Waals surface area contributed by atoms with Crippen LogP contribution >= 0.6 is 0 Å². The zero-order valence-electron chi connectivity index (χ0n) is 10.8. The van der Waals surface area contributed by atoms with E-state index in [1.165, 1.54) is 0 Å². The number of carboxylic acids is 1. The Labute approximate surface area is 119 Å². The largest absolute Gasteiger partial charge is 0.480 e. The van der Waals surface area contributed by atoms with Gasteiger partial charge in [-0.25, -0.2) is 13.2 Å². The van der Waals surface area contributed by atoms with Gasteiger partial charge in [-0.05, 0) is 12.1 Å². The first kappa shape index (κ1) is 16.6. The van der Waals surface area contributed by atoms with Gasteiger partial charge in [0.05, 0.1) is 15.6 Å². The van der Waals surface area contributed by atoms with E-state index < -0.39 is 38.4 Å². The van der Waals surface area contributed by atoms with E-state index in [2.05, 4.69) is 0 Å². The summed E-state index contributed by atoms with van der Waals surface area (Å²) in [6.45, 7) is 1.06. The molecule has 9 nitrogen and oxygen atoms in total. The van der Waals surface area contributed by atoms with Crippen LogP contribution in [-0.4, -0.2) is 42.1 Å². The van der Waals surface area contributed by atoms with Gasteiger partial charge in [0.25, 0.3) is 5.69 Å². The number of hydrogen-bond donors (Lipinski definition) is 2. The fraction of sp³-hybridized carbons (Fsp3) is 0.273. The molecule has 1 aromatic carbocycles. The Morgan fingerprint density at radius 3 is 2.24 bits per heavy atom. The van der Waals surface area contributed by atoms with Gasteiger partial charge in [0, 0.05) is 19.1 Å². The number of rotatable bonds is 6. The minimum Gasteiger partial charge on any atom is -0.480 e. The van der Waals surface area contributed by atoms with Gasteiger partial charge in [0.1, 0.15) is 6.04 Å². The number of benzene rings is 1. The maximum absolute atomic E-state index is 12.0. The predicted octanol–water partition coefficient (Wildman–Crippen LogP) is -0.0422. The van der Waals surface area contributed by atoms with Crippen LogP contribution in [0.1, 0.15) is 6.92 Å². The van der Waals surface area contributed by atoms with Gasteiger partial charge in [-0.3, -0.25) is 14.9 Å². The standard InChI is InChI=1S/C11H12N2O7S/c1-7(14)12-10(11(15)16)6-21(19,20)9-4-2-8(3-5-9)13(17)18/h2-5,10H,6H2,1H3,(H,12,14)(H,15,16)/t10-/m0/s1. The lowest BCUT2D eigenvalue weighted by Crippen LogP contribution is -2.44. The Bertz CT molecular complexity index is 666. The van der Waals surface area contributed by atoms with Gasteiger partial charge < -0.3 is 10.4 Å². The van der Waals surface area contributed by atoms with E-state index in [1.54, 1.807) is 0 Å². The summed E-state index contributed by atoms with van der Waals surface area (Å²) in [4.78, 5) is 31.3. The molecule has 1 rings (SSSR count). The molecule has 114 valence electrons. The van der Waals surface area contributed by atoms with Crippen LogP contribution in [0, 0.1) is 10.1 Å². The third-order valence-electron chi connectivity index (χ3n) is 2.47. The number of carbonyl (C=O) groups excluding carboxylic acids is 1. The Balaban J connectivity index is 3.01. The van der Waals surface area contributed by atoms with E-state index in [9.17, 15) is 28.1 Å². The van der Waals surface area contributed by atoms with E-state index >= 15 is 0 Å². The van der Waals surface area contributed by atoms with E-state index in [1.807, 2.05) is 5.32 Å². The summed E-state index contributed by atoms with van der Waals surface area (Å²) in [6, 6.07) is 2.44. The molecule has 10 heteroatoms. The summed E-state index contributed by atoms with van der Waals surface area (Å²) in [5, 5.41) is 21.4. The summed E-state index contributed by atoms with van der Waals surface area (Å²) in [5.74, 6) is -3.02. The molecule has 0 bridgehead atoms. The van der Waals surface area contributed by atoms with Crippen LogP contribution in [-0.2, 0) is 19.4 Å². The quantitative estimate of drug-likeness (QED) is 0.553. The van der Waals surface area contributed by atoms with E-state index in [4.69, 9.17) is 5.11 Å². The van der Waals surface area contributed by atoms with Crippen LogP contribution in [0.25, 0.3) is 0 Å². The van der Waals surface area contributed by atoms with Crippen molar-refractivity contribution in [3.8, 4) is 0 Å². The molecular formula is C11H12N2O7S. The second kappa shape index (κ2) is 6.31. The Morgan fingerprint density at radius 1 is 1.33 bits per heavy atom. The maximum Gasteiger partial charge on any atom is 0.327 e. The first-order valence-electron chi connectivity index (χ1n) is 5.60. The fourth-order valence-corrected chi connectivity index (χ4v) is 2.92. The van der Waals surface area contributed by atoms with Gasteiger partial charge in [0.2, 0.25) is 5.91 Å². The van der Waals surface area contributed by atoms with Crippen molar-refractivity contribution in [3.05, 3.63) is 34.4 Å². The predicted molar refractivity (Wildman–Crippen MR) is 70.4 cm³/mol. The van der Waals surface area contributed by atoms with Crippen LogP contribution in [0.2, 0.25) is 0 Å². The molecule has 0 radical (unpaired) electrons. The highest BCUT2D eigenvalue weighted by molar-refractivity contribution is 7.91. The van der Waals surface area contributed by atoms with E-state index in [-0.39, 0.29) is 10.6 Å². The SMILES string of the molecule is CC(=O)N[C@@H](CS(=O)(=O)c1ccc([N+](=O)[O-])cc1)C(=O)O. The van der Waals surface area contributed by atoms with Crippen LogP contribution in [0.15, 0.2) is 29.2 Å². The molecule has 0 aliphatic carbocycles. The van der Waals surface area contributed by atoms with Crippen LogP contribution < -0.4 is 5.32 Å². The molecule has 1 aromatic rings. The van der Waals surface area contributed by atoms with Crippen molar-refractivity contribution in [1.29, 1.82) is 0 Å². The highest BCUT2D eigenvalue weighted by Gasteiger charge is 2.27. The average Bonchev–Trinajstić information content (AvgIpc) is 2.37. The number of carboxylic acid groups (broad SMARTS) is 1. The van der Waals surface area contributed by atoms with Crippen molar-refractivity contribution in [2.75, 3.05) is 5.75 Å². The molecule has 1 atom stereocenters. The van der Waals surface area contributed by atoms with Crippen LogP contribution in [0.4, 0.5) is 5.69 Å². The van der Waals surface area contributed by atoms with E-state index in [0.717, 1.165) is 31.2 Å². The number of carbonyl (C=O) groups is 2. The molecule has 0 aliphatic heterocycles. The summed E-state index contributed by atoms with van der Waals surface area (Å²) < 4.78 is 24.1. The van der Waals surface area contributed by atoms with Gasteiger partial charge >= 0.3 is 5.97 Å². The Kier molecular flexibility index (Phi) is 4.97. The average molecular weight is 316 g/mol. The first-order valence-corrected chi connectivity index (χ1v) is 7.26. The number of aliphatic carboxylic acids is 1. The number of sulfone groups is 1. The Morgan fingerprint density at radius 2 is 1.86 bits per heavy atom. The number of nitro benzene ring substituents is 1. The number of nitro groups is 1.